The van der Waals surface area contributed by atoms with Crippen LogP contribution in [0, 0.1) is 12.8 Å². The normalized spacial score (nSPS) is 20.5. The van der Waals surface area contributed by atoms with Gasteiger partial charge in [-0.15, -0.1) is 24.8 Å². The number of aromatic amines is 1. The number of benzene rings is 1. The SMILES string of the molecule is Cc1[nH]c2ccccc2c1[C@H](C1CCCC1)N1CCNCC1.Cl.Cl. The molecule has 4 rings (SSSR count). The highest BCUT2D eigenvalue weighted by Crippen LogP contribution is 2.43. The summed E-state index contributed by atoms with van der Waals surface area (Å²) in [5.41, 5.74) is 4.24. The van der Waals surface area contributed by atoms with Crippen molar-refractivity contribution in [1.29, 1.82) is 0 Å². The number of piperazine rings is 1. The predicted octanol–water partition coefficient (Wildman–Crippen LogP) is 4.46. The Bertz CT molecular complexity index is 643. The number of hydrogen-bond acceptors (Lipinski definition) is 2. The Morgan fingerprint density at radius 2 is 1.71 bits per heavy atom. The summed E-state index contributed by atoms with van der Waals surface area (Å²) in [6, 6.07) is 9.44. The summed E-state index contributed by atoms with van der Waals surface area (Å²) < 4.78 is 0. The maximum absolute atomic E-state index is 3.63. The molecule has 2 aliphatic rings. The lowest BCUT2D eigenvalue weighted by Gasteiger charge is -2.39. The number of nitrogens with one attached hydrogen (secondary N) is 2. The maximum Gasteiger partial charge on any atom is 0.0459 e. The number of para-hydroxylation sites is 1. The smallest absolute Gasteiger partial charge is 0.0459 e. The van der Waals surface area contributed by atoms with Gasteiger partial charge in [0.25, 0.3) is 0 Å². The topological polar surface area (TPSA) is 31.1 Å². The molecule has 5 heteroatoms. The quantitative estimate of drug-likeness (QED) is 0.836. The number of aryl methyl sites for hydroxylation is 1. The summed E-state index contributed by atoms with van der Waals surface area (Å²) in [6.45, 7) is 6.88. The van der Waals surface area contributed by atoms with E-state index in [9.17, 15) is 0 Å². The monoisotopic (exact) mass is 369 g/mol. The van der Waals surface area contributed by atoms with Crippen LogP contribution >= 0.6 is 24.8 Å². The zero-order valence-electron chi connectivity index (χ0n) is 14.4. The van der Waals surface area contributed by atoms with Crippen LogP contribution in [0.15, 0.2) is 24.3 Å². The minimum Gasteiger partial charge on any atom is -0.358 e. The first kappa shape index (κ1) is 19.6. The van der Waals surface area contributed by atoms with Gasteiger partial charge in [0.05, 0.1) is 0 Å². The zero-order chi connectivity index (χ0) is 14.9. The standard InChI is InChI=1S/C19H27N3.2ClH/c1-14-18(16-8-4-5-9-17(16)21-14)19(15-6-2-3-7-15)22-12-10-20-11-13-22;;/h4-5,8-9,15,19-21H,2-3,6-7,10-13H2,1H3;2*1H/t19-;;/m0../s1. The minimum atomic E-state index is 0. The Balaban J connectivity index is 0.00000104. The maximum atomic E-state index is 3.63. The highest BCUT2D eigenvalue weighted by Gasteiger charge is 2.34. The van der Waals surface area contributed by atoms with Crippen LogP contribution in [0.1, 0.15) is 43.0 Å². The molecule has 1 saturated heterocycles. The van der Waals surface area contributed by atoms with E-state index in [0.29, 0.717) is 6.04 Å². The Morgan fingerprint density at radius 3 is 2.42 bits per heavy atom. The molecule has 0 radical (unpaired) electrons. The van der Waals surface area contributed by atoms with E-state index < -0.39 is 0 Å². The summed E-state index contributed by atoms with van der Waals surface area (Å²) in [4.78, 5) is 6.37. The van der Waals surface area contributed by atoms with Crippen molar-refractivity contribution in [3.63, 3.8) is 0 Å². The molecule has 1 saturated carbocycles. The Labute approximate surface area is 157 Å². The summed E-state index contributed by atoms with van der Waals surface area (Å²) >= 11 is 0. The molecule has 2 heterocycles. The van der Waals surface area contributed by atoms with Crippen LogP contribution in [0.2, 0.25) is 0 Å². The van der Waals surface area contributed by atoms with Crippen molar-refractivity contribution in [2.45, 2.75) is 38.6 Å². The van der Waals surface area contributed by atoms with Crippen LogP contribution in [0.5, 0.6) is 0 Å². The number of aromatic nitrogens is 1. The van der Waals surface area contributed by atoms with E-state index in [1.54, 1.807) is 5.56 Å². The summed E-state index contributed by atoms with van der Waals surface area (Å²) in [6.07, 6.45) is 5.62. The van der Waals surface area contributed by atoms with Crippen LogP contribution in [0.3, 0.4) is 0 Å². The second kappa shape index (κ2) is 8.57. The van der Waals surface area contributed by atoms with Crippen molar-refractivity contribution in [2.75, 3.05) is 26.2 Å². The summed E-state index contributed by atoms with van der Waals surface area (Å²) in [5.74, 6) is 0.830. The molecule has 0 bridgehead atoms. The van der Waals surface area contributed by atoms with Gasteiger partial charge in [-0.2, -0.15) is 0 Å². The Kier molecular flexibility index (Phi) is 6.99. The van der Waals surface area contributed by atoms with Gasteiger partial charge in [0.1, 0.15) is 0 Å². The number of H-pyrrole nitrogens is 1. The van der Waals surface area contributed by atoms with Crippen molar-refractivity contribution in [3.05, 3.63) is 35.5 Å². The molecule has 1 aromatic carbocycles. The second-order valence-corrected chi connectivity index (χ2v) is 6.98. The molecule has 0 unspecified atom stereocenters. The molecular formula is C19H29Cl2N3. The van der Waals surface area contributed by atoms with Crippen LogP contribution in [0.25, 0.3) is 10.9 Å². The molecule has 0 amide bonds. The van der Waals surface area contributed by atoms with Crippen molar-refractivity contribution in [2.24, 2.45) is 5.92 Å². The van der Waals surface area contributed by atoms with E-state index in [1.165, 1.54) is 55.4 Å². The molecule has 134 valence electrons. The molecule has 1 aliphatic carbocycles. The van der Waals surface area contributed by atoms with Crippen molar-refractivity contribution in [1.82, 2.24) is 15.2 Å². The fraction of sp³-hybridized carbons (Fsp3) is 0.579. The first-order chi connectivity index (χ1) is 10.8. The molecule has 1 aliphatic heterocycles. The third kappa shape index (κ3) is 3.60. The molecular weight excluding hydrogens is 341 g/mol. The molecule has 3 nitrogen and oxygen atoms in total. The number of rotatable bonds is 3. The average Bonchev–Trinajstić information content (AvgIpc) is 3.18. The second-order valence-electron chi connectivity index (χ2n) is 6.98. The van der Waals surface area contributed by atoms with Gasteiger partial charge in [0, 0.05) is 48.8 Å². The predicted molar refractivity (Wildman–Crippen MR) is 107 cm³/mol. The lowest BCUT2D eigenvalue weighted by Crippen LogP contribution is -2.46. The summed E-state index contributed by atoms with van der Waals surface area (Å²) in [7, 11) is 0. The van der Waals surface area contributed by atoms with E-state index in [-0.39, 0.29) is 24.8 Å². The van der Waals surface area contributed by atoms with Crippen LogP contribution in [-0.4, -0.2) is 36.1 Å². The van der Waals surface area contributed by atoms with Crippen molar-refractivity contribution in [3.8, 4) is 0 Å². The molecule has 24 heavy (non-hydrogen) atoms. The van der Waals surface area contributed by atoms with Crippen LogP contribution in [-0.2, 0) is 0 Å². The lowest BCUT2D eigenvalue weighted by molar-refractivity contribution is 0.126. The number of halogens is 2. The van der Waals surface area contributed by atoms with Gasteiger partial charge in [-0.05, 0) is 37.3 Å². The number of fused-ring (bicyclic) bond motifs is 1. The van der Waals surface area contributed by atoms with E-state index >= 15 is 0 Å². The van der Waals surface area contributed by atoms with Gasteiger partial charge in [0.2, 0.25) is 0 Å². The van der Waals surface area contributed by atoms with Crippen molar-refractivity contribution < 1.29 is 0 Å². The van der Waals surface area contributed by atoms with E-state index in [4.69, 9.17) is 0 Å². The van der Waals surface area contributed by atoms with Crippen LogP contribution in [0.4, 0.5) is 0 Å². The Morgan fingerprint density at radius 1 is 1.04 bits per heavy atom. The fourth-order valence-electron chi connectivity index (χ4n) is 4.63. The molecule has 1 aromatic heterocycles. The third-order valence-corrected chi connectivity index (χ3v) is 5.63. The van der Waals surface area contributed by atoms with Gasteiger partial charge >= 0.3 is 0 Å². The molecule has 2 N–H and O–H groups in total. The zero-order valence-corrected chi connectivity index (χ0v) is 16.0. The third-order valence-electron chi connectivity index (χ3n) is 5.63. The first-order valence-electron chi connectivity index (χ1n) is 8.86. The first-order valence-corrected chi connectivity index (χ1v) is 8.86. The molecule has 0 spiro atoms. The fourth-order valence-corrected chi connectivity index (χ4v) is 4.63. The lowest BCUT2D eigenvalue weighted by atomic mass is 9.88. The van der Waals surface area contributed by atoms with E-state index in [0.717, 1.165) is 19.0 Å². The van der Waals surface area contributed by atoms with Gasteiger partial charge in [-0.1, -0.05) is 31.0 Å². The molecule has 2 fully saturated rings. The number of nitrogens with zero attached hydrogens (tertiary/aromatic N) is 1. The highest BCUT2D eigenvalue weighted by molar-refractivity contribution is 5.86. The van der Waals surface area contributed by atoms with E-state index in [2.05, 4.69) is 46.4 Å². The molecule has 2 aromatic rings. The van der Waals surface area contributed by atoms with Gasteiger partial charge < -0.3 is 10.3 Å². The minimum absolute atomic E-state index is 0. The van der Waals surface area contributed by atoms with Crippen LogP contribution < -0.4 is 5.32 Å². The van der Waals surface area contributed by atoms with Gasteiger partial charge in [0.15, 0.2) is 0 Å². The Hall–Kier alpha value is -0.740. The average molecular weight is 370 g/mol. The number of hydrogen-bond donors (Lipinski definition) is 2. The van der Waals surface area contributed by atoms with Crippen molar-refractivity contribution >= 4 is 35.7 Å². The highest BCUT2D eigenvalue weighted by atomic mass is 35.5. The summed E-state index contributed by atoms with van der Waals surface area (Å²) in [5, 5.41) is 4.95. The van der Waals surface area contributed by atoms with E-state index in [1.807, 2.05) is 0 Å². The molecule has 1 atom stereocenters. The largest absolute Gasteiger partial charge is 0.358 e. The van der Waals surface area contributed by atoms with Gasteiger partial charge in [-0.25, -0.2) is 0 Å². The van der Waals surface area contributed by atoms with Gasteiger partial charge in [-0.3, -0.25) is 4.90 Å².